The van der Waals surface area contributed by atoms with Crippen LogP contribution in [0.3, 0.4) is 0 Å². The van der Waals surface area contributed by atoms with E-state index >= 15 is 0 Å². The van der Waals surface area contributed by atoms with Crippen LogP contribution in [0.4, 0.5) is 13.2 Å². The minimum Gasteiger partial charge on any atom is -0.348 e. The Morgan fingerprint density at radius 3 is 2.74 bits per heavy atom. The van der Waals surface area contributed by atoms with E-state index in [-0.39, 0.29) is 19.0 Å². The van der Waals surface area contributed by atoms with Crippen molar-refractivity contribution in [3.8, 4) is 0 Å². The van der Waals surface area contributed by atoms with Gasteiger partial charge in [-0.15, -0.1) is 11.3 Å². The molecule has 0 unspecified atom stereocenters. The van der Waals surface area contributed by atoms with Crippen LogP contribution in [0.25, 0.3) is 10.2 Å². The summed E-state index contributed by atoms with van der Waals surface area (Å²) in [7, 11) is 0. The number of carbonyl (C=O) groups excluding carboxylic acids is 1. The number of fused-ring (bicyclic) bond motifs is 1. The predicted octanol–water partition coefficient (Wildman–Crippen LogP) is 2.94. The van der Waals surface area contributed by atoms with Gasteiger partial charge in [0.25, 0.3) is 5.91 Å². The lowest BCUT2D eigenvalue weighted by Gasteiger charge is -2.04. The molecule has 2 heterocycles. The molecule has 2 aromatic heterocycles. The van der Waals surface area contributed by atoms with E-state index in [9.17, 15) is 18.0 Å². The Morgan fingerprint density at radius 1 is 1.26 bits per heavy atom. The van der Waals surface area contributed by atoms with E-state index in [0.29, 0.717) is 5.01 Å². The van der Waals surface area contributed by atoms with Crippen LogP contribution >= 0.6 is 11.3 Å². The Morgan fingerprint density at radius 2 is 2.04 bits per heavy atom. The highest BCUT2D eigenvalue weighted by Crippen LogP contribution is 2.27. The van der Waals surface area contributed by atoms with Gasteiger partial charge in [-0.25, -0.2) is 4.98 Å². The van der Waals surface area contributed by atoms with Crippen molar-refractivity contribution in [1.29, 1.82) is 0 Å². The fraction of sp³-hybridized carbons (Fsp3) is 0.214. The third-order valence-corrected chi connectivity index (χ3v) is 4.08. The van der Waals surface area contributed by atoms with Gasteiger partial charge in [0, 0.05) is 12.7 Å². The largest absolute Gasteiger partial charge is 0.435 e. The van der Waals surface area contributed by atoms with E-state index in [0.717, 1.165) is 21.0 Å². The van der Waals surface area contributed by atoms with Crippen LogP contribution in [-0.4, -0.2) is 27.2 Å². The molecule has 1 amide bonds. The van der Waals surface area contributed by atoms with Crippen molar-refractivity contribution in [3.05, 3.63) is 47.2 Å². The summed E-state index contributed by atoms with van der Waals surface area (Å²) in [5.74, 6) is -0.352. The maximum Gasteiger partial charge on any atom is 0.435 e. The molecule has 3 aromatic rings. The van der Waals surface area contributed by atoms with Crippen LogP contribution in [0, 0.1) is 0 Å². The van der Waals surface area contributed by atoms with Crippen molar-refractivity contribution in [2.45, 2.75) is 12.7 Å². The molecule has 0 saturated heterocycles. The molecular weight excluding hydrogens is 329 g/mol. The van der Waals surface area contributed by atoms with Crippen LogP contribution in [0.2, 0.25) is 0 Å². The number of hydrogen-bond donors (Lipinski definition) is 1. The number of nitrogens with zero attached hydrogens (tertiary/aromatic N) is 3. The third-order valence-electron chi connectivity index (χ3n) is 3.05. The lowest BCUT2D eigenvalue weighted by Crippen LogP contribution is -2.27. The molecule has 3 rings (SSSR count). The Labute approximate surface area is 132 Å². The van der Waals surface area contributed by atoms with Gasteiger partial charge in [0.05, 0.1) is 16.8 Å². The van der Waals surface area contributed by atoms with Gasteiger partial charge in [0.2, 0.25) is 0 Å². The second-order valence-electron chi connectivity index (χ2n) is 4.70. The van der Waals surface area contributed by atoms with E-state index in [1.165, 1.54) is 17.5 Å². The second-order valence-corrected chi connectivity index (χ2v) is 5.74. The summed E-state index contributed by atoms with van der Waals surface area (Å²) in [6.07, 6.45) is -3.23. The highest BCUT2D eigenvalue weighted by atomic mass is 32.1. The number of amides is 1. The van der Waals surface area contributed by atoms with E-state index in [2.05, 4.69) is 15.4 Å². The monoisotopic (exact) mass is 340 g/mol. The molecule has 0 fully saturated rings. The number of nitrogens with one attached hydrogen (secondary N) is 1. The number of benzene rings is 1. The molecule has 23 heavy (non-hydrogen) atoms. The minimum atomic E-state index is -4.46. The molecule has 0 bridgehead atoms. The molecule has 0 aliphatic rings. The lowest BCUT2D eigenvalue weighted by molar-refractivity contribution is -0.141. The smallest absolute Gasteiger partial charge is 0.348 e. The number of carbonyl (C=O) groups is 1. The molecule has 9 heteroatoms. The molecule has 0 spiro atoms. The highest BCUT2D eigenvalue weighted by molar-refractivity contribution is 7.20. The first kappa shape index (κ1) is 15.5. The van der Waals surface area contributed by atoms with Crippen LogP contribution < -0.4 is 5.32 Å². The zero-order valence-electron chi connectivity index (χ0n) is 11.7. The summed E-state index contributed by atoms with van der Waals surface area (Å²) in [6.45, 7) is 0.306. The first-order valence-corrected chi connectivity index (χ1v) is 7.49. The Hall–Kier alpha value is -2.42. The summed E-state index contributed by atoms with van der Waals surface area (Å²) < 4.78 is 39.3. The van der Waals surface area contributed by atoms with Crippen LogP contribution in [0.15, 0.2) is 36.5 Å². The Bertz CT molecular complexity index is 807. The van der Waals surface area contributed by atoms with Crippen LogP contribution in [-0.2, 0) is 12.7 Å². The number of thiazole rings is 1. The van der Waals surface area contributed by atoms with E-state index in [1.54, 1.807) is 0 Å². The standard InChI is InChI=1S/C14H11F3N4OS/c15-14(16,17)11-5-7-21(20-11)8-6-18-12(22)13-19-9-3-1-2-4-10(9)23-13/h1-5,7H,6,8H2,(H,18,22). The van der Waals surface area contributed by atoms with Gasteiger partial charge in [0.15, 0.2) is 10.7 Å². The molecule has 0 atom stereocenters. The zero-order valence-corrected chi connectivity index (χ0v) is 12.5. The lowest BCUT2D eigenvalue weighted by atomic mass is 10.3. The molecule has 120 valence electrons. The number of aromatic nitrogens is 3. The van der Waals surface area contributed by atoms with Crippen molar-refractivity contribution in [2.75, 3.05) is 6.54 Å². The molecule has 0 aliphatic heterocycles. The Kier molecular flexibility index (Phi) is 4.03. The van der Waals surface area contributed by atoms with Crippen molar-refractivity contribution >= 4 is 27.5 Å². The quantitative estimate of drug-likeness (QED) is 0.794. The zero-order chi connectivity index (χ0) is 16.4. The molecule has 5 nitrogen and oxygen atoms in total. The topological polar surface area (TPSA) is 59.8 Å². The highest BCUT2D eigenvalue weighted by Gasteiger charge is 2.33. The summed E-state index contributed by atoms with van der Waals surface area (Å²) in [6, 6.07) is 8.27. The van der Waals surface area contributed by atoms with Crippen molar-refractivity contribution in [1.82, 2.24) is 20.1 Å². The van der Waals surface area contributed by atoms with E-state index in [4.69, 9.17) is 0 Å². The summed E-state index contributed by atoms with van der Waals surface area (Å²) in [4.78, 5) is 16.2. The average molecular weight is 340 g/mol. The van der Waals surface area contributed by atoms with E-state index in [1.807, 2.05) is 24.3 Å². The number of halogens is 3. The predicted molar refractivity (Wildman–Crippen MR) is 79.2 cm³/mol. The molecule has 0 saturated carbocycles. The number of alkyl halides is 3. The Balaban J connectivity index is 1.58. The number of para-hydroxylation sites is 1. The SMILES string of the molecule is O=C(NCCn1ccc(C(F)(F)F)n1)c1nc2ccccc2s1. The number of rotatable bonds is 4. The maximum atomic E-state index is 12.4. The normalized spacial score (nSPS) is 11.8. The van der Waals surface area contributed by atoms with Gasteiger partial charge in [-0.2, -0.15) is 18.3 Å². The van der Waals surface area contributed by atoms with Crippen LogP contribution in [0.5, 0.6) is 0 Å². The fourth-order valence-corrected chi connectivity index (χ4v) is 2.85. The molecule has 1 aromatic carbocycles. The maximum absolute atomic E-state index is 12.4. The van der Waals surface area contributed by atoms with Crippen LogP contribution in [0.1, 0.15) is 15.5 Å². The third kappa shape index (κ3) is 3.50. The minimum absolute atomic E-state index is 0.146. The molecule has 1 N–H and O–H groups in total. The van der Waals surface area contributed by atoms with Gasteiger partial charge in [-0.3, -0.25) is 9.48 Å². The summed E-state index contributed by atoms with van der Waals surface area (Å²) in [5, 5.41) is 6.36. The second kappa shape index (κ2) is 5.99. The molecule has 0 radical (unpaired) electrons. The van der Waals surface area contributed by atoms with Gasteiger partial charge < -0.3 is 5.32 Å². The molecule has 0 aliphatic carbocycles. The first-order chi connectivity index (χ1) is 10.9. The average Bonchev–Trinajstić information content (AvgIpc) is 3.13. The van der Waals surface area contributed by atoms with Crippen molar-refractivity contribution in [2.24, 2.45) is 0 Å². The van der Waals surface area contributed by atoms with Crippen molar-refractivity contribution in [3.63, 3.8) is 0 Å². The van der Waals surface area contributed by atoms with Gasteiger partial charge in [-0.1, -0.05) is 12.1 Å². The molecular formula is C14H11F3N4OS. The first-order valence-electron chi connectivity index (χ1n) is 6.68. The van der Waals surface area contributed by atoms with E-state index < -0.39 is 11.9 Å². The van der Waals surface area contributed by atoms with Crippen molar-refractivity contribution < 1.29 is 18.0 Å². The number of hydrogen-bond acceptors (Lipinski definition) is 4. The fourth-order valence-electron chi connectivity index (χ4n) is 1.97. The summed E-state index contributed by atoms with van der Waals surface area (Å²) >= 11 is 1.26. The van der Waals surface area contributed by atoms with Gasteiger partial charge in [0.1, 0.15) is 0 Å². The van der Waals surface area contributed by atoms with Gasteiger partial charge in [-0.05, 0) is 18.2 Å². The summed E-state index contributed by atoms with van der Waals surface area (Å²) in [5.41, 5.74) is -0.209. The van der Waals surface area contributed by atoms with Gasteiger partial charge >= 0.3 is 6.18 Å².